The van der Waals surface area contributed by atoms with Crippen molar-refractivity contribution in [3.8, 4) is 0 Å². The standard InChI is InChI=1S/C18H24N4O3/c1-21(17(24)25)13-6-10-22(11-13)12-4-7-18(8-5-12)14-3-2-9-19-15(14)20-16(18)23/h2-3,9,12-13H,4-8,10-11H2,1H3,(H,24,25)(H,19,20,23)/t12?,13-,18?/m1/s1. The van der Waals surface area contributed by atoms with Crippen LogP contribution in [-0.2, 0) is 10.2 Å². The van der Waals surface area contributed by atoms with E-state index >= 15 is 0 Å². The number of aromatic nitrogens is 1. The van der Waals surface area contributed by atoms with Gasteiger partial charge in [-0.25, -0.2) is 9.78 Å². The number of likely N-dealkylation sites (tertiary alicyclic amines) is 1. The van der Waals surface area contributed by atoms with Crippen LogP contribution in [0.5, 0.6) is 0 Å². The number of fused-ring (bicyclic) bond motifs is 2. The molecular formula is C18H24N4O3. The third kappa shape index (κ3) is 2.57. The molecule has 3 aliphatic rings. The maximum absolute atomic E-state index is 12.6. The quantitative estimate of drug-likeness (QED) is 0.856. The van der Waals surface area contributed by atoms with E-state index in [1.807, 2.05) is 12.1 Å². The number of carboxylic acid groups (broad SMARTS) is 1. The van der Waals surface area contributed by atoms with E-state index in [-0.39, 0.29) is 11.9 Å². The van der Waals surface area contributed by atoms with Gasteiger partial charge in [-0.15, -0.1) is 0 Å². The number of pyridine rings is 1. The lowest BCUT2D eigenvalue weighted by Crippen LogP contribution is -2.46. The molecule has 2 fully saturated rings. The van der Waals surface area contributed by atoms with Gasteiger partial charge in [0.15, 0.2) is 0 Å². The molecule has 0 aromatic carbocycles. The van der Waals surface area contributed by atoms with E-state index < -0.39 is 11.5 Å². The molecule has 1 aromatic heterocycles. The largest absolute Gasteiger partial charge is 0.465 e. The van der Waals surface area contributed by atoms with Crippen molar-refractivity contribution >= 4 is 17.8 Å². The lowest BCUT2D eigenvalue weighted by Gasteiger charge is -2.39. The Morgan fingerprint density at radius 2 is 2.16 bits per heavy atom. The minimum atomic E-state index is -0.860. The van der Waals surface area contributed by atoms with Crippen LogP contribution in [0.25, 0.3) is 0 Å². The molecular weight excluding hydrogens is 320 g/mol. The first-order valence-electron chi connectivity index (χ1n) is 8.98. The third-order valence-electron chi connectivity index (χ3n) is 6.36. The average Bonchev–Trinajstić information content (AvgIpc) is 3.20. The predicted octanol–water partition coefficient (Wildman–Crippen LogP) is 1.90. The van der Waals surface area contributed by atoms with Gasteiger partial charge in [0.25, 0.3) is 0 Å². The van der Waals surface area contributed by atoms with Crippen LogP contribution in [0.4, 0.5) is 10.6 Å². The summed E-state index contributed by atoms with van der Waals surface area (Å²) in [6.45, 7) is 1.73. The number of hydrogen-bond donors (Lipinski definition) is 2. The van der Waals surface area contributed by atoms with Crippen LogP contribution < -0.4 is 5.32 Å². The molecule has 0 radical (unpaired) electrons. The summed E-state index contributed by atoms with van der Waals surface area (Å²) in [7, 11) is 1.65. The van der Waals surface area contributed by atoms with Crippen molar-refractivity contribution in [3.05, 3.63) is 23.9 Å². The van der Waals surface area contributed by atoms with Crippen molar-refractivity contribution in [1.29, 1.82) is 0 Å². The normalized spacial score (nSPS) is 31.8. The van der Waals surface area contributed by atoms with Crippen LogP contribution in [-0.4, -0.2) is 64.1 Å². The Morgan fingerprint density at radius 3 is 2.88 bits per heavy atom. The van der Waals surface area contributed by atoms with Gasteiger partial charge in [-0.3, -0.25) is 9.69 Å². The van der Waals surface area contributed by atoms with Crippen molar-refractivity contribution in [2.45, 2.75) is 49.6 Å². The van der Waals surface area contributed by atoms with Gasteiger partial charge in [-0.05, 0) is 38.2 Å². The Morgan fingerprint density at radius 1 is 1.40 bits per heavy atom. The minimum Gasteiger partial charge on any atom is -0.465 e. The zero-order valence-electron chi connectivity index (χ0n) is 14.4. The number of amides is 2. The fourth-order valence-corrected chi connectivity index (χ4v) is 4.77. The van der Waals surface area contributed by atoms with Gasteiger partial charge in [0.1, 0.15) is 5.82 Å². The smallest absolute Gasteiger partial charge is 0.407 e. The van der Waals surface area contributed by atoms with Gasteiger partial charge in [-0.1, -0.05) is 6.07 Å². The predicted molar refractivity (Wildman–Crippen MR) is 92.6 cm³/mol. The molecule has 25 heavy (non-hydrogen) atoms. The van der Waals surface area contributed by atoms with Gasteiger partial charge in [-0.2, -0.15) is 0 Å². The van der Waals surface area contributed by atoms with Gasteiger partial charge >= 0.3 is 6.09 Å². The van der Waals surface area contributed by atoms with Crippen LogP contribution in [0, 0.1) is 0 Å². The zero-order valence-corrected chi connectivity index (χ0v) is 14.4. The van der Waals surface area contributed by atoms with Gasteiger partial charge in [0.2, 0.25) is 5.91 Å². The van der Waals surface area contributed by atoms with Crippen molar-refractivity contribution in [3.63, 3.8) is 0 Å². The van der Waals surface area contributed by atoms with Gasteiger partial charge in [0, 0.05) is 44.0 Å². The first kappa shape index (κ1) is 16.3. The van der Waals surface area contributed by atoms with Crippen molar-refractivity contribution < 1.29 is 14.7 Å². The Kier molecular flexibility index (Phi) is 3.91. The molecule has 4 rings (SSSR count). The van der Waals surface area contributed by atoms with Crippen LogP contribution in [0.2, 0.25) is 0 Å². The minimum absolute atomic E-state index is 0.0769. The summed E-state index contributed by atoms with van der Waals surface area (Å²) >= 11 is 0. The molecule has 134 valence electrons. The first-order valence-corrected chi connectivity index (χ1v) is 8.98. The molecule has 7 heteroatoms. The fourth-order valence-electron chi connectivity index (χ4n) is 4.77. The van der Waals surface area contributed by atoms with E-state index in [1.165, 1.54) is 4.90 Å². The molecule has 2 amide bonds. The highest BCUT2D eigenvalue weighted by Gasteiger charge is 2.50. The highest BCUT2D eigenvalue weighted by atomic mass is 16.4. The lowest BCUT2D eigenvalue weighted by atomic mass is 9.69. The SMILES string of the molecule is CN(C(=O)O)[C@@H]1CCN(C2CCC3(CC2)C(=O)Nc2ncccc23)C1. The van der Waals surface area contributed by atoms with Crippen LogP contribution in [0.15, 0.2) is 18.3 Å². The summed E-state index contributed by atoms with van der Waals surface area (Å²) < 4.78 is 0. The molecule has 1 aromatic rings. The summed E-state index contributed by atoms with van der Waals surface area (Å²) in [4.78, 5) is 31.9. The number of carbonyl (C=O) groups excluding carboxylic acids is 1. The number of rotatable bonds is 2. The van der Waals surface area contributed by atoms with Crippen LogP contribution in [0.3, 0.4) is 0 Å². The third-order valence-corrected chi connectivity index (χ3v) is 6.36. The molecule has 1 aliphatic carbocycles. The monoisotopic (exact) mass is 344 g/mol. The highest BCUT2D eigenvalue weighted by molar-refractivity contribution is 6.05. The molecule has 0 unspecified atom stereocenters. The number of nitrogens with one attached hydrogen (secondary N) is 1. The van der Waals surface area contributed by atoms with Gasteiger partial charge in [0.05, 0.1) is 5.41 Å². The topological polar surface area (TPSA) is 85.8 Å². The molecule has 7 nitrogen and oxygen atoms in total. The molecule has 0 bridgehead atoms. The number of likely N-dealkylation sites (N-methyl/N-ethyl adjacent to an activating group) is 1. The summed E-state index contributed by atoms with van der Waals surface area (Å²) in [5, 5.41) is 12.1. The van der Waals surface area contributed by atoms with Gasteiger partial charge < -0.3 is 15.3 Å². The summed E-state index contributed by atoms with van der Waals surface area (Å²) in [6, 6.07) is 4.44. The van der Waals surface area contributed by atoms with E-state index in [4.69, 9.17) is 5.11 Å². The molecule has 1 saturated carbocycles. The van der Waals surface area contributed by atoms with E-state index in [0.717, 1.165) is 56.6 Å². The maximum Gasteiger partial charge on any atom is 0.407 e. The molecule has 1 saturated heterocycles. The molecule has 2 N–H and O–H groups in total. The lowest BCUT2D eigenvalue weighted by molar-refractivity contribution is -0.122. The summed E-state index contributed by atoms with van der Waals surface area (Å²) in [5.41, 5.74) is 0.625. The molecule has 3 heterocycles. The highest BCUT2D eigenvalue weighted by Crippen LogP contribution is 2.47. The Hall–Kier alpha value is -2.15. The van der Waals surface area contributed by atoms with Crippen molar-refractivity contribution in [2.24, 2.45) is 0 Å². The Balaban J connectivity index is 1.43. The molecule has 1 spiro atoms. The second-order valence-electron chi connectivity index (χ2n) is 7.50. The fraction of sp³-hybridized carbons (Fsp3) is 0.611. The van der Waals surface area contributed by atoms with Crippen molar-refractivity contribution in [2.75, 3.05) is 25.5 Å². The first-order chi connectivity index (χ1) is 12.0. The number of anilines is 1. The van der Waals surface area contributed by atoms with Crippen molar-refractivity contribution in [1.82, 2.24) is 14.8 Å². The zero-order chi connectivity index (χ0) is 17.6. The second-order valence-corrected chi connectivity index (χ2v) is 7.50. The molecule has 2 aliphatic heterocycles. The van der Waals surface area contributed by atoms with E-state index in [1.54, 1.807) is 13.2 Å². The second kappa shape index (κ2) is 5.98. The van der Waals surface area contributed by atoms with Crippen LogP contribution >= 0.6 is 0 Å². The average molecular weight is 344 g/mol. The Labute approximate surface area is 147 Å². The number of nitrogens with zero attached hydrogens (tertiary/aromatic N) is 3. The summed E-state index contributed by atoms with van der Waals surface area (Å²) in [6.07, 6.45) is 5.33. The number of hydrogen-bond acceptors (Lipinski definition) is 4. The Bertz CT molecular complexity index is 699. The van der Waals surface area contributed by atoms with Crippen LogP contribution in [0.1, 0.15) is 37.7 Å². The van der Waals surface area contributed by atoms with E-state index in [2.05, 4.69) is 15.2 Å². The number of carbonyl (C=O) groups is 2. The van der Waals surface area contributed by atoms with E-state index in [9.17, 15) is 9.59 Å². The van der Waals surface area contributed by atoms with E-state index in [0.29, 0.717) is 6.04 Å². The molecule has 1 atom stereocenters. The maximum atomic E-state index is 12.6. The summed E-state index contributed by atoms with van der Waals surface area (Å²) in [5.74, 6) is 0.805.